The summed E-state index contributed by atoms with van der Waals surface area (Å²) in [5, 5.41) is 0. The minimum atomic E-state index is -2.69. The molecule has 0 aliphatic heterocycles. The van der Waals surface area contributed by atoms with E-state index in [2.05, 4.69) is 11.4 Å². The molecule has 1 N–H and O–H groups in total. The molecule has 0 rings (SSSR count). The van der Waals surface area contributed by atoms with Gasteiger partial charge in [0, 0.05) is 16.5 Å². The molecule has 0 aromatic carbocycles. The molecule has 15 heavy (non-hydrogen) atoms. The molecule has 1 atom stereocenters. The van der Waals surface area contributed by atoms with E-state index >= 15 is 0 Å². The molecule has 0 heterocycles. The third kappa shape index (κ3) is 17.3. The first-order valence-corrected chi connectivity index (χ1v) is 6.89. The molecule has 0 bridgehead atoms. The monoisotopic (exact) mass is 280 g/mol. The third-order valence-electron chi connectivity index (χ3n) is 2.22. The summed E-state index contributed by atoms with van der Waals surface area (Å²) in [6.07, 6.45) is 9.83. The minimum absolute atomic E-state index is 0. The van der Waals surface area contributed by atoms with Gasteiger partial charge >= 0.3 is 8.25 Å². The fourth-order valence-electron chi connectivity index (χ4n) is 1.40. The van der Waals surface area contributed by atoms with E-state index in [0.29, 0.717) is 6.61 Å². The summed E-state index contributed by atoms with van der Waals surface area (Å²) in [5.41, 5.74) is 0. The molecule has 1 unspecified atom stereocenters. The molecule has 0 aliphatic rings. The maximum Gasteiger partial charge on any atom is 0.316 e. The summed E-state index contributed by atoms with van der Waals surface area (Å²) in [7, 11) is -2.69. The zero-order valence-electron chi connectivity index (χ0n) is 9.44. The van der Waals surface area contributed by atoms with Gasteiger partial charge in [-0.3, -0.25) is 4.57 Å². The van der Waals surface area contributed by atoms with Crippen molar-refractivity contribution in [2.75, 3.05) is 6.61 Å². The zero-order valence-corrected chi connectivity index (χ0v) is 11.4. The Labute approximate surface area is 104 Å². The van der Waals surface area contributed by atoms with Crippen LogP contribution in [0.5, 0.6) is 0 Å². The molecule has 0 amide bonds. The summed E-state index contributed by atoms with van der Waals surface area (Å²) in [4.78, 5) is 8.38. The largest absolute Gasteiger partial charge is 0.326 e. The Morgan fingerprint density at radius 2 is 1.47 bits per heavy atom. The second kappa shape index (κ2) is 14.6. The van der Waals surface area contributed by atoms with Crippen LogP contribution in [0.15, 0.2) is 0 Å². The van der Waals surface area contributed by atoms with E-state index in [-0.39, 0.29) is 16.5 Å². The van der Waals surface area contributed by atoms with E-state index in [9.17, 15) is 4.57 Å². The molecule has 0 radical (unpaired) electrons. The van der Waals surface area contributed by atoms with Crippen LogP contribution in [0.3, 0.4) is 0 Å². The molecule has 3 nitrogen and oxygen atoms in total. The summed E-state index contributed by atoms with van der Waals surface area (Å²) < 4.78 is 14.8. The van der Waals surface area contributed by atoms with Crippen molar-refractivity contribution in [1.82, 2.24) is 0 Å². The molecule has 0 aromatic rings. The fraction of sp³-hybridized carbons (Fsp3) is 1.00. The van der Waals surface area contributed by atoms with Gasteiger partial charge in [0.25, 0.3) is 0 Å². The normalized spacial score (nSPS) is 12.1. The Balaban J connectivity index is 0. The molecule has 5 heteroatoms. The second-order valence-electron chi connectivity index (χ2n) is 3.59. The topological polar surface area (TPSA) is 46.5 Å². The number of hydrogen-bond acceptors (Lipinski definition) is 2. The molecule has 0 saturated carbocycles. The summed E-state index contributed by atoms with van der Waals surface area (Å²) in [6.45, 7) is 2.65. The van der Waals surface area contributed by atoms with E-state index < -0.39 is 8.25 Å². The summed E-state index contributed by atoms with van der Waals surface area (Å²) >= 11 is 0. The molecule has 0 aromatic heterocycles. The van der Waals surface area contributed by atoms with Crippen LogP contribution in [-0.4, -0.2) is 11.5 Å². The average Bonchev–Trinajstić information content (AvgIpc) is 2.15. The predicted molar refractivity (Wildman–Crippen MR) is 59.8 cm³/mol. The van der Waals surface area contributed by atoms with E-state index in [1.54, 1.807) is 0 Å². The maximum atomic E-state index is 10.2. The van der Waals surface area contributed by atoms with Gasteiger partial charge in [-0.25, -0.2) is 0 Å². The Morgan fingerprint density at radius 1 is 1.00 bits per heavy atom. The van der Waals surface area contributed by atoms with Gasteiger partial charge < -0.3 is 9.42 Å². The van der Waals surface area contributed by atoms with Gasteiger partial charge in [0.1, 0.15) is 0 Å². The van der Waals surface area contributed by atoms with Gasteiger partial charge in [0.2, 0.25) is 0 Å². The van der Waals surface area contributed by atoms with Crippen LogP contribution in [0.25, 0.3) is 0 Å². The van der Waals surface area contributed by atoms with Crippen LogP contribution in [-0.2, 0) is 25.6 Å². The first-order valence-electron chi connectivity index (χ1n) is 5.63. The van der Waals surface area contributed by atoms with Crippen LogP contribution in [0, 0.1) is 0 Å². The first kappa shape index (κ1) is 18.0. The second-order valence-corrected chi connectivity index (χ2v) is 4.41. The number of rotatable bonds is 10. The van der Waals surface area contributed by atoms with E-state index in [4.69, 9.17) is 4.89 Å². The molecular formula is C10H23NiO3P. The van der Waals surface area contributed by atoms with Crippen molar-refractivity contribution in [1.29, 1.82) is 0 Å². The van der Waals surface area contributed by atoms with E-state index in [1.165, 1.54) is 38.5 Å². The van der Waals surface area contributed by atoms with Crippen LogP contribution in [0.1, 0.15) is 58.3 Å². The van der Waals surface area contributed by atoms with Gasteiger partial charge in [-0.05, 0) is 6.42 Å². The van der Waals surface area contributed by atoms with Crippen molar-refractivity contribution >= 4 is 8.25 Å². The van der Waals surface area contributed by atoms with Gasteiger partial charge in [-0.2, -0.15) is 0 Å². The molecule has 0 fully saturated rings. The SMILES string of the molecule is CCCCCCCCCCO[PH](=O)O.[Ni]. The van der Waals surface area contributed by atoms with Crippen LogP contribution < -0.4 is 0 Å². The molecule has 0 spiro atoms. The van der Waals surface area contributed by atoms with Crippen molar-refractivity contribution < 1.29 is 30.5 Å². The van der Waals surface area contributed by atoms with Crippen molar-refractivity contribution in [3.63, 3.8) is 0 Å². The van der Waals surface area contributed by atoms with E-state index in [0.717, 1.165) is 12.8 Å². The van der Waals surface area contributed by atoms with Gasteiger partial charge in [0.05, 0.1) is 6.61 Å². The molecule has 0 saturated heterocycles. The number of hydrogen-bond donors (Lipinski definition) is 1. The van der Waals surface area contributed by atoms with Crippen molar-refractivity contribution in [3.8, 4) is 0 Å². The van der Waals surface area contributed by atoms with Gasteiger partial charge in [-0.15, -0.1) is 0 Å². The van der Waals surface area contributed by atoms with Crippen LogP contribution >= 0.6 is 8.25 Å². The predicted octanol–water partition coefficient (Wildman–Crippen LogP) is 3.52. The maximum absolute atomic E-state index is 10.2. The van der Waals surface area contributed by atoms with Gasteiger partial charge in [0.15, 0.2) is 0 Å². The minimum Gasteiger partial charge on any atom is -0.326 e. The summed E-state index contributed by atoms with van der Waals surface area (Å²) in [6, 6.07) is 0. The average molecular weight is 281 g/mol. The first-order chi connectivity index (χ1) is 6.77. The molecule has 96 valence electrons. The Kier molecular flexibility index (Phi) is 17.6. The van der Waals surface area contributed by atoms with Crippen molar-refractivity contribution in [2.24, 2.45) is 0 Å². The third-order valence-corrected chi connectivity index (χ3v) is 2.67. The van der Waals surface area contributed by atoms with Crippen LogP contribution in [0.2, 0.25) is 0 Å². The van der Waals surface area contributed by atoms with Crippen molar-refractivity contribution in [3.05, 3.63) is 0 Å². The quantitative estimate of drug-likeness (QED) is 0.378. The Hall–Kier alpha value is 0.644. The Morgan fingerprint density at radius 3 is 1.93 bits per heavy atom. The summed E-state index contributed by atoms with van der Waals surface area (Å²) in [5.74, 6) is 0. The van der Waals surface area contributed by atoms with Crippen molar-refractivity contribution in [2.45, 2.75) is 58.3 Å². The molecular weight excluding hydrogens is 258 g/mol. The number of unbranched alkanes of at least 4 members (excludes halogenated alkanes) is 7. The fourth-order valence-corrected chi connectivity index (χ4v) is 1.71. The standard InChI is InChI=1S/C10H23O3P.Ni/c1-2-3-4-5-6-7-8-9-10-13-14(11)12;/h14H,2-10H2,1H3,(H,11,12);. The van der Waals surface area contributed by atoms with Crippen LogP contribution in [0.4, 0.5) is 0 Å². The van der Waals surface area contributed by atoms with Gasteiger partial charge in [-0.1, -0.05) is 51.9 Å². The smallest absolute Gasteiger partial charge is 0.316 e. The van der Waals surface area contributed by atoms with E-state index in [1.807, 2.05) is 0 Å². The zero-order chi connectivity index (χ0) is 10.6. The Bertz CT molecular complexity index is 145. The molecule has 0 aliphatic carbocycles.